The van der Waals surface area contributed by atoms with Crippen molar-refractivity contribution in [2.75, 3.05) is 13.2 Å². The summed E-state index contributed by atoms with van der Waals surface area (Å²) in [5, 5.41) is 25.1. The summed E-state index contributed by atoms with van der Waals surface area (Å²) in [5.41, 5.74) is 1.96. The van der Waals surface area contributed by atoms with Crippen LogP contribution in [0.25, 0.3) is 0 Å². The van der Waals surface area contributed by atoms with Gasteiger partial charge in [-0.05, 0) is 47.1 Å². The molecule has 28 heavy (non-hydrogen) atoms. The lowest BCUT2D eigenvalue weighted by atomic mass is 10.2. The lowest BCUT2D eigenvalue weighted by molar-refractivity contribution is -0.386. The predicted molar refractivity (Wildman–Crippen MR) is 106 cm³/mol. The molecule has 0 fully saturated rings. The molecule has 0 heterocycles. The van der Waals surface area contributed by atoms with E-state index >= 15 is 0 Å². The second kappa shape index (κ2) is 9.90. The number of benzene rings is 2. The number of nitrogens with one attached hydrogen (secondary N) is 1. The first-order chi connectivity index (χ1) is 13.3. The number of ether oxygens (including phenoxy) is 2. The van der Waals surface area contributed by atoms with Crippen LogP contribution in [0.15, 0.2) is 39.9 Å². The van der Waals surface area contributed by atoms with Crippen LogP contribution in [0.2, 0.25) is 5.02 Å². The summed E-state index contributed by atoms with van der Waals surface area (Å²) in [6.45, 7) is 1.57. The molecule has 0 aliphatic heterocycles. The van der Waals surface area contributed by atoms with E-state index in [1.165, 1.54) is 12.3 Å². The molecule has 0 spiro atoms. The number of aromatic hydroxyl groups is 1. The molecule has 0 saturated carbocycles. The normalized spacial score (nSPS) is 10.7. The van der Waals surface area contributed by atoms with E-state index in [1.54, 1.807) is 25.1 Å². The third kappa shape index (κ3) is 5.83. The standard InChI is InChI=1S/C17H15BrClN3O6/c1-2-27-15-6-10(5-13(17(15)24)22(25)26)8-20-21-16(23)9-28-14-4-3-11(19)7-12(14)18/h3-8,24H,2,9H2,1H3,(H,21,23)/b20-8-. The first-order valence-corrected chi connectivity index (χ1v) is 9.02. The largest absolute Gasteiger partial charge is 0.500 e. The molecule has 9 nitrogen and oxygen atoms in total. The van der Waals surface area contributed by atoms with E-state index in [0.717, 1.165) is 6.07 Å². The highest BCUT2D eigenvalue weighted by Gasteiger charge is 2.19. The van der Waals surface area contributed by atoms with Crippen molar-refractivity contribution < 1.29 is 24.3 Å². The Kier molecular flexibility index (Phi) is 7.59. The van der Waals surface area contributed by atoms with Gasteiger partial charge in [-0.15, -0.1) is 0 Å². The Labute approximate surface area is 173 Å². The molecule has 1 amide bonds. The fourth-order valence-corrected chi connectivity index (χ4v) is 2.84. The van der Waals surface area contributed by atoms with Crippen molar-refractivity contribution in [1.82, 2.24) is 5.43 Å². The Bertz CT molecular complexity index is 922. The lowest BCUT2D eigenvalue weighted by Gasteiger charge is -2.08. The van der Waals surface area contributed by atoms with Gasteiger partial charge in [0.15, 0.2) is 12.4 Å². The first kappa shape index (κ1) is 21.5. The van der Waals surface area contributed by atoms with Crippen LogP contribution in [0.5, 0.6) is 17.2 Å². The molecule has 148 valence electrons. The molecule has 0 aromatic heterocycles. The monoisotopic (exact) mass is 471 g/mol. The topological polar surface area (TPSA) is 123 Å². The van der Waals surface area contributed by atoms with Gasteiger partial charge in [-0.2, -0.15) is 5.10 Å². The molecule has 0 aliphatic rings. The van der Waals surface area contributed by atoms with Gasteiger partial charge in [-0.3, -0.25) is 14.9 Å². The van der Waals surface area contributed by atoms with Gasteiger partial charge in [0, 0.05) is 16.7 Å². The fraction of sp³-hybridized carbons (Fsp3) is 0.176. The number of hydrogen-bond acceptors (Lipinski definition) is 7. The third-order valence-corrected chi connectivity index (χ3v) is 4.08. The molecule has 0 saturated heterocycles. The van der Waals surface area contributed by atoms with Gasteiger partial charge in [0.2, 0.25) is 5.75 Å². The molecule has 0 aliphatic carbocycles. The Hall–Kier alpha value is -2.85. The third-order valence-electron chi connectivity index (χ3n) is 3.23. The molecular formula is C17H15BrClN3O6. The van der Waals surface area contributed by atoms with Crippen LogP contribution in [-0.4, -0.2) is 35.4 Å². The highest BCUT2D eigenvalue weighted by atomic mass is 79.9. The van der Waals surface area contributed by atoms with E-state index in [4.69, 9.17) is 21.1 Å². The van der Waals surface area contributed by atoms with Crippen molar-refractivity contribution in [2.24, 2.45) is 5.10 Å². The smallest absolute Gasteiger partial charge is 0.315 e. The fourth-order valence-electron chi connectivity index (χ4n) is 2.04. The van der Waals surface area contributed by atoms with Gasteiger partial charge in [0.05, 0.1) is 22.2 Å². The number of rotatable bonds is 8. The zero-order valence-corrected chi connectivity index (χ0v) is 16.9. The van der Waals surface area contributed by atoms with Gasteiger partial charge >= 0.3 is 5.69 Å². The summed E-state index contributed by atoms with van der Waals surface area (Å²) >= 11 is 9.09. The van der Waals surface area contributed by atoms with Gasteiger partial charge in [-0.25, -0.2) is 5.43 Å². The SMILES string of the molecule is CCOc1cc(/C=N\NC(=O)COc2ccc(Cl)cc2Br)cc([N+](=O)[O-])c1O. The molecule has 2 rings (SSSR count). The number of hydrogen-bond donors (Lipinski definition) is 2. The maximum absolute atomic E-state index is 11.8. The van der Waals surface area contributed by atoms with E-state index in [2.05, 4.69) is 26.5 Å². The minimum Gasteiger partial charge on any atom is -0.500 e. The number of nitro benzene ring substituents is 1. The summed E-state index contributed by atoms with van der Waals surface area (Å²) in [6.07, 6.45) is 1.19. The Morgan fingerprint density at radius 2 is 2.11 bits per heavy atom. The lowest BCUT2D eigenvalue weighted by Crippen LogP contribution is -2.24. The summed E-state index contributed by atoms with van der Waals surface area (Å²) < 4.78 is 11.1. The molecule has 0 unspecified atom stereocenters. The summed E-state index contributed by atoms with van der Waals surface area (Å²) in [7, 11) is 0. The number of nitro groups is 1. The molecule has 2 N–H and O–H groups in total. The van der Waals surface area contributed by atoms with Crippen LogP contribution in [0.3, 0.4) is 0 Å². The number of phenolic OH excluding ortho intramolecular Hbond substituents is 1. The number of carbonyl (C=O) groups excluding carboxylic acids is 1. The molecule has 2 aromatic carbocycles. The number of carbonyl (C=O) groups is 1. The first-order valence-electron chi connectivity index (χ1n) is 7.85. The second-order valence-corrected chi connectivity index (χ2v) is 6.52. The quantitative estimate of drug-likeness (QED) is 0.343. The van der Waals surface area contributed by atoms with E-state index in [-0.39, 0.29) is 24.5 Å². The van der Waals surface area contributed by atoms with Crippen LogP contribution >= 0.6 is 27.5 Å². The van der Waals surface area contributed by atoms with Gasteiger partial charge in [0.1, 0.15) is 5.75 Å². The van der Waals surface area contributed by atoms with E-state index in [9.17, 15) is 20.0 Å². The Morgan fingerprint density at radius 3 is 2.75 bits per heavy atom. The van der Waals surface area contributed by atoms with E-state index < -0.39 is 22.3 Å². The van der Waals surface area contributed by atoms with Crippen LogP contribution in [0, 0.1) is 10.1 Å². The van der Waals surface area contributed by atoms with Crippen molar-refractivity contribution in [3.8, 4) is 17.2 Å². The van der Waals surface area contributed by atoms with Gasteiger partial charge in [-0.1, -0.05) is 11.6 Å². The van der Waals surface area contributed by atoms with Crippen molar-refractivity contribution in [2.45, 2.75) is 6.92 Å². The average Bonchev–Trinajstić information content (AvgIpc) is 2.63. The zero-order chi connectivity index (χ0) is 20.7. The average molecular weight is 473 g/mol. The molecule has 2 aromatic rings. The highest BCUT2D eigenvalue weighted by molar-refractivity contribution is 9.10. The van der Waals surface area contributed by atoms with Gasteiger partial charge < -0.3 is 14.6 Å². The second-order valence-electron chi connectivity index (χ2n) is 5.23. The van der Waals surface area contributed by atoms with Crippen LogP contribution in [-0.2, 0) is 4.79 Å². The molecule has 0 bridgehead atoms. The molecule has 11 heteroatoms. The molecular weight excluding hydrogens is 458 g/mol. The van der Waals surface area contributed by atoms with Crippen molar-refractivity contribution in [3.63, 3.8) is 0 Å². The number of hydrazone groups is 1. The van der Waals surface area contributed by atoms with E-state index in [0.29, 0.717) is 15.2 Å². The van der Waals surface area contributed by atoms with Crippen LogP contribution in [0.1, 0.15) is 12.5 Å². The van der Waals surface area contributed by atoms with Crippen molar-refractivity contribution in [3.05, 3.63) is 55.5 Å². The summed E-state index contributed by atoms with van der Waals surface area (Å²) in [6, 6.07) is 7.32. The molecule has 0 radical (unpaired) electrons. The summed E-state index contributed by atoms with van der Waals surface area (Å²) in [4.78, 5) is 22.1. The zero-order valence-electron chi connectivity index (χ0n) is 14.5. The van der Waals surface area contributed by atoms with Gasteiger partial charge in [0.25, 0.3) is 5.91 Å². The maximum atomic E-state index is 11.8. The summed E-state index contributed by atoms with van der Waals surface area (Å²) in [5.74, 6) is -0.745. The van der Waals surface area contributed by atoms with E-state index in [1.807, 2.05) is 0 Å². The van der Waals surface area contributed by atoms with Crippen molar-refractivity contribution >= 4 is 45.3 Å². The number of halogens is 2. The minimum atomic E-state index is -0.744. The van der Waals surface area contributed by atoms with Crippen molar-refractivity contribution in [1.29, 1.82) is 0 Å². The predicted octanol–water partition coefficient (Wildman–Crippen LogP) is 3.64. The maximum Gasteiger partial charge on any atom is 0.315 e. The van der Waals surface area contributed by atoms with Crippen LogP contribution in [0.4, 0.5) is 5.69 Å². The number of nitrogens with zero attached hydrogens (tertiary/aromatic N) is 2. The Morgan fingerprint density at radius 1 is 1.36 bits per heavy atom. The minimum absolute atomic E-state index is 0.0552. The number of amides is 1. The molecule has 0 atom stereocenters. The number of phenols is 1. The highest BCUT2D eigenvalue weighted by Crippen LogP contribution is 2.36. The van der Waals surface area contributed by atoms with Crippen LogP contribution < -0.4 is 14.9 Å². The Balaban J connectivity index is 2.01.